The molecular formula is C22H19NO6. The van der Waals surface area contributed by atoms with Crippen LogP contribution in [-0.2, 0) is 9.53 Å². The molecule has 0 aromatic heterocycles. The summed E-state index contributed by atoms with van der Waals surface area (Å²) in [7, 11) is 0. The van der Waals surface area contributed by atoms with E-state index >= 15 is 0 Å². The van der Waals surface area contributed by atoms with E-state index in [-0.39, 0.29) is 5.57 Å². The van der Waals surface area contributed by atoms with Gasteiger partial charge in [0.05, 0.1) is 6.61 Å². The average molecular weight is 393 g/mol. The van der Waals surface area contributed by atoms with Gasteiger partial charge in [0.15, 0.2) is 23.9 Å². The highest BCUT2D eigenvalue weighted by Gasteiger charge is 2.17. The van der Waals surface area contributed by atoms with Gasteiger partial charge in [0.2, 0.25) is 0 Å². The van der Waals surface area contributed by atoms with Crippen LogP contribution in [0.15, 0.2) is 48.0 Å². The lowest BCUT2D eigenvalue weighted by Crippen LogP contribution is -2.17. The van der Waals surface area contributed by atoms with Gasteiger partial charge in [0, 0.05) is 5.56 Å². The minimum Gasteiger partial charge on any atom is -0.494 e. The number of nitriles is 1. The predicted molar refractivity (Wildman–Crippen MR) is 104 cm³/mol. The molecular weight excluding hydrogens is 374 g/mol. The van der Waals surface area contributed by atoms with Gasteiger partial charge in [-0.05, 0) is 48.9 Å². The third-order valence-corrected chi connectivity index (χ3v) is 4.04. The van der Waals surface area contributed by atoms with Crippen LogP contribution in [0.3, 0.4) is 0 Å². The Morgan fingerprint density at radius 1 is 1.10 bits per heavy atom. The van der Waals surface area contributed by atoms with Crippen molar-refractivity contribution in [3.8, 4) is 23.3 Å². The SMILES string of the molecule is CCOc1ccc(/C=C(\C#N)C(=O)OCC(=O)c2ccc3c(c2)OCCO3)cc1. The van der Waals surface area contributed by atoms with Crippen LogP contribution < -0.4 is 14.2 Å². The van der Waals surface area contributed by atoms with Gasteiger partial charge < -0.3 is 18.9 Å². The molecule has 1 heterocycles. The van der Waals surface area contributed by atoms with Crippen molar-refractivity contribution in [2.75, 3.05) is 26.4 Å². The van der Waals surface area contributed by atoms with E-state index in [2.05, 4.69) is 0 Å². The number of ether oxygens (including phenoxy) is 4. The van der Waals surface area contributed by atoms with E-state index in [1.807, 2.05) is 6.92 Å². The Kier molecular flexibility index (Phi) is 6.48. The molecule has 29 heavy (non-hydrogen) atoms. The Bertz CT molecular complexity index is 972. The first-order valence-corrected chi connectivity index (χ1v) is 9.05. The maximum Gasteiger partial charge on any atom is 0.349 e. The zero-order chi connectivity index (χ0) is 20.6. The third kappa shape index (κ3) is 5.14. The Morgan fingerprint density at radius 3 is 2.52 bits per heavy atom. The van der Waals surface area contributed by atoms with Crippen LogP contribution in [0.4, 0.5) is 0 Å². The molecule has 2 aromatic carbocycles. The van der Waals surface area contributed by atoms with Gasteiger partial charge in [0.1, 0.15) is 30.6 Å². The van der Waals surface area contributed by atoms with Crippen molar-refractivity contribution in [2.45, 2.75) is 6.92 Å². The zero-order valence-corrected chi connectivity index (χ0v) is 15.8. The monoisotopic (exact) mass is 393 g/mol. The number of Topliss-reactive ketones (excluding diaryl/α,β-unsaturated/α-hetero) is 1. The molecule has 2 aromatic rings. The van der Waals surface area contributed by atoms with Gasteiger partial charge in [-0.25, -0.2) is 4.79 Å². The highest BCUT2D eigenvalue weighted by molar-refractivity contribution is 6.02. The highest BCUT2D eigenvalue weighted by Crippen LogP contribution is 2.30. The first-order chi connectivity index (χ1) is 14.1. The summed E-state index contributed by atoms with van der Waals surface area (Å²) in [5.41, 5.74) is 0.764. The second-order valence-corrected chi connectivity index (χ2v) is 6.03. The maximum atomic E-state index is 12.3. The van der Waals surface area contributed by atoms with E-state index in [1.165, 1.54) is 6.08 Å². The van der Waals surface area contributed by atoms with Crippen LogP contribution in [0.25, 0.3) is 6.08 Å². The number of ketones is 1. The Balaban J connectivity index is 1.62. The number of carbonyl (C=O) groups excluding carboxylic acids is 2. The molecule has 7 nitrogen and oxygen atoms in total. The summed E-state index contributed by atoms with van der Waals surface area (Å²) in [6.45, 7) is 2.80. The van der Waals surface area contributed by atoms with Gasteiger partial charge >= 0.3 is 5.97 Å². The van der Waals surface area contributed by atoms with Crippen LogP contribution in [0.2, 0.25) is 0 Å². The Labute approximate surface area is 168 Å². The number of fused-ring (bicyclic) bond motifs is 1. The first-order valence-electron chi connectivity index (χ1n) is 9.05. The quantitative estimate of drug-likeness (QED) is 0.308. The molecule has 7 heteroatoms. The smallest absolute Gasteiger partial charge is 0.349 e. The van der Waals surface area contributed by atoms with Crippen molar-refractivity contribution in [2.24, 2.45) is 0 Å². The summed E-state index contributed by atoms with van der Waals surface area (Å²) in [6, 6.07) is 13.5. The summed E-state index contributed by atoms with van der Waals surface area (Å²) >= 11 is 0. The van der Waals surface area contributed by atoms with Gasteiger partial charge in [0.25, 0.3) is 0 Å². The number of rotatable bonds is 7. The molecule has 0 amide bonds. The maximum absolute atomic E-state index is 12.3. The predicted octanol–water partition coefficient (Wildman–Crippen LogP) is 3.19. The summed E-state index contributed by atoms with van der Waals surface area (Å²) in [5.74, 6) is 0.452. The van der Waals surface area contributed by atoms with Crippen molar-refractivity contribution in [1.29, 1.82) is 5.26 Å². The van der Waals surface area contributed by atoms with E-state index < -0.39 is 18.4 Å². The van der Waals surface area contributed by atoms with Crippen LogP contribution in [0.5, 0.6) is 17.2 Å². The molecule has 0 saturated heterocycles. The molecule has 0 bridgehead atoms. The van der Waals surface area contributed by atoms with Crippen molar-refractivity contribution in [3.63, 3.8) is 0 Å². The normalized spacial score (nSPS) is 12.6. The lowest BCUT2D eigenvalue weighted by atomic mass is 10.1. The standard InChI is InChI=1S/C22H19NO6/c1-2-26-18-6-3-15(4-7-18)11-17(13-23)22(25)29-14-19(24)16-5-8-20-21(12-16)28-10-9-27-20/h3-8,11-12H,2,9-10,14H2,1H3/b17-11+. The number of esters is 1. The lowest BCUT2D eigenvalue weighted by Gasteiger charge is -2.18. The number of hydrogen-bond acceptors (Lipinski definition) is 7. The topological polar surface area (TPSA) is 94.8 Å². The van der Waals surface area contributed by atoms with E-state index in [0.29, 0.717) is 48.2 Å². The van der Waals surface area contributed by atoms with Gasteiger partial charge in [-0.2, -0.15) is 5.26 Å². The second-order valence-electron chi connectivity index (χ2n) is 6.03. The Hall–Kier alpha value is -3.79. The molecule has 148 valence electrons. The minimum atomic E-state index is -0.868. The molecule has 0 saturated carbocycles. The molecule has 0 spiro atoms. The fourth-order valence-corrected chi connectivity index (χ4v) is 2.64. The number of hydrogen-bond donors (Lipinski definition) is 0. The lowest BCUT2D eigenvalue weighted by molar-refractivity contribution is -0.137. The fraction of sp³-hybridized carbons (Fsp3) is 0.227. The molecule has 0 unspecified atom stereocenters. The summed E-state index contributed by atoms with van der Waals surface area (Å²) in [6.07, 6.45) is 1.40. The molecule has 0 atom stereocenters. The molecule has 3 rings (SSSR count). The van der Waals surface area contributed by atoms with E-state index in [4.69, 9.17) is 18.9 Å². The van der Waals surface area contributed by atoms with Gasteiger partial charge in [-0.15, -0.1) is 0 Å². The van der Waals surface area contributed by atoms with Crippen LogP contribution >= 0.6 is 0 Å². The zero-order valence-electron chi connectivity index (χ0n) is 15.8. The number of benzene rings is 2. The largest absolute Gasteiger partial charge is 0.494 e. The molecule has 0 radical (unpaired) electrons. The first kappa shape index (κ1) is 20.0. The van der Waals surface area contributed by atoms with Gasteiger partial charge in [-0.3, -0.25) is 4.79 Å². The molecule has 0 aliphatic carbocycles. The molecule has 1 aliphatic rings. The third-order valence-electron chi connectivity index (χ3n) is 4.04. The molecule has 0 N–H and O–H groups in total. The van der Waals surface area contributed by atoms with Crippen LogP contribution in [0, 0.1) is 11.3 Å². The van der Waals surface area contributed by atoms with Crippen LogP contribution in [-0.4, -0.2) is 38.2 Å². The van der Waals surface area contributed by atoms with Crippen molar-refractivity contribution in [3.05, 3.63) is 59.2 Å². The highest BCUT2D eigenvalue weighted by atomic mass is 16.6. The minimum absolute atomic E-state index is 0.205. The van der Waals surface area contributed by atoms with E-state index in [0.717, 1.165) is 0 Å². The summed E-state index contributed by atoms with van der Waals surface area (Å²) in [5, 5.41) is 9.25. The Morgan fingerprint density at radius 2 is 1.83 bits per heavy atom. The van der Waals surface area contributed by atoms with Crippen molar-refractivity contribution < 1.29 is 28.5 Å². The molecule has 0 fully saturated rings. The van der Waals surface area contributed by atoms with E-state index in [9.17, 15) is 14.9 Å². The second kappa shape index (κ2) is 9.42. The summed E-state index contributed by atoms with van der Waals surface area (Å²) < 4.78 is 21.2. The van der Waals surface area contributed by atoms with E-state index in [1.54, 1.807) is 48.5 Å². The number of nitrogens with zero attached hydrogens (tertiary/aromatic N) is 1. The fourth-order valence-electron chi connectivity index (χ4n) is 2.64. The van der Waals surface area contributed by atoms with Crippen molar-refractivity contribution >= 4 is 17.8 Å². The molecule has 1 aliphatic heterocycles. The van der Waals surface area contributed by atoms with Crippen LogP contribution in [0.1, 0.15) is 22.8 Å². The van der Waals surface area contributed by atoms with Crippen molar-refractivity contribution in [1.82, 2.24) is 0 Å². The average Bonchev–Trinajstić information content (AvgIpc) is 2.76. The summed E-state index contributed by atoms with van der Waals surface area (Å²) in [4.78, 5) is 24.5. The number of carbonyl (C=O) groups is 2. The van der Waals surface area contributed by atoms with Gasteiger partial charge in [-0.1, -0.05) is 12.1 Å².